The number of hydrogen-bond acceptors (Lipinski definition) is 4. The number of halogens is 3. The number of aliphatic hydroxyl groups excluding tert-OH is 1. The van der Waals surface area contributed by atoms with E-state index in [0.29, 0.717) is 16.3 Å². The van der Waals surface area contributed by atoms with Gasteiger partial charge >= 0.3 is 6.36 Å². The first kappa shape index (κ1) is 15.5. The molecule has 0 bridgehead atoms. The van der Waals surface area contributed by atoms with E-state index in [1.165, 1.54) is 29.5 Å². The summed E-state index contributed by atoms with van der Waals surface area (Å²) < 4.78 is 40.6. The fourth-order valence-electron chi connectivity index (χ4n) is 1.71. The van der Waals surface area contributed by atoms with Gasteiger partial charge in [-0.1, -0.05) is 18.2 Å². The molecule has 0 radical (unpaired) electrons. The maximum absolute atomic E-state index is 12.2. The molecule has 21 heavy (non-hydrogen) atoms. The highest BCUT2D eigenvalue weighted by Gasteiger charge is 2.31. The maximum atomic E-state index is 12.2. The van der Waals surface area contributed by atoms with E-state index in [1.807, 2.05) is 6.92 Å². The van der Waals surface area contributed by atoms with E-state index in [9.17, 15) is 18.3 Å². The first-order chi connectivity index (χ1) is 9.93. The average Bonchev–Trinajstić information content (AvgIpc) is 2.81. The van der Waals surface area contributed by atoms with E-state index in [-0.39, 0.29) is 12.4 Å². The summed E-state index contributed by atoms with van der Waals surface area (Å²) in [5.41, 5.74) is 1.00. The number of aromatic nitrogens is 1. The predicted octanol–water partition coefficient (Wildman–Crippen LogP) is 4.23. The van der Waals surface area contributed by atoms with Crippen molar-refractivity contribution in [2.45, 2.75) is 19.9 Å². The van der Waals surface area contributed by atoms with Crippen LogP contribution in [0.5, 0.6) is 5.75 Å². The second kappa shape index (κ2) is 6.28. The number of aliphatic hydroxyl groups is 1. The Hall–Kier alpha value is -1.86. The molecule has 3 nitrogen and oxygen atoms in total. The molecule has 2 rings (SSSR count). The summed E-state index contributed by atoms with van der Waals surface area (Å²) in [6, 6.07) is 5.60. The van der Waals surface area contributed by atoms with Crippen molar-refractivity contribution in [1.29, 1.82) is 0 Å². The fourth-order valence-corrected chi connectivity index (χ4v) is 2.75. The van der Waals surface area contributed by atoms with Crippen LogP contribution in [-0.2, 0) is 6.61 Å². The van der Waals surface area contributed by atoms with E-state index in [1.54, 1.807) is 18.2 Å². The van der Waals surface area contributed by atoms with E-state index in [4.69, 9.17) is 0 Å². The number of rotatable bonds is 4. The van der Waals surface area contributed by atoms with Crippen LogP contribution in [0.2, 0.25) is 0 Å². The van der Waals surface area contributed by atoms with Crippen LogP contribution in [0.3, 0.4) is 0 Å². The van der Waals surface area contributed by atoms with Crippen molar-refractivity contribution in [2.75, 3.05) is 0 Å². The molecular formula is C14H12F3NO2S. The van der Waals surface area contributed by atoms with Crippen molar-refractivity contribution < 1.29 is 23.0 Å². The highest BCUT2D eigenvalue weighted by atomic mass is 32.1. The molecule has 112 valence electrons. The number of nitrogens with zero attached hydrogens (tertiary/aromatic N) is 1. The summed E-state index contributed by atoms with van der Waals surface area (Å²) in [6.45, 7) is 1.60. The zero-order chi connectivity index (χ0) is 15.5. The van der Waals surface area contributed by atoms with E-state index < -0.39 is 6.36 Å². The molecule has 1 heterocycles. The number of ether oxygens (including phenoxy) is 1. The molecule has 2 aromatic rings. The topological polar surface area (TPSA) is 42.4 Å². The lowest BCUT2D eigenvalue weighted by Crippen LogP contribution is -2.17. The van der Waals surface area contributed by atoms with Gasteiger partial charge in [0.05, 0.1) is 17.2 Å². The summed E-state index contributed by atoms with van der Waals surface area (Å²) >= 11 is 1.29. The van der Waals surface area contributed by atoms with Gasteiger partial charge in [0.2, 0.25) is 0 Å². The van der Waals surface area contributed by atoms with Crippen LogP contribution in [0.15, 0.2) is 30.3 Å². The van der Waals surface area contributed by atoms with Crippen molar-refractivity contribution >= 4 is 17.4 Å². The molecule has 0 saturated heterocycles. The molecule has 0 aliphatic heterocycles. The number of allylic oxidation sites excluding steroid dienone is 1. The summed E-state index contributed by atoms with van der Waals surface area (Å²) in [4.78, 5) is 5.01. The Bertz CT molecular complexity index is 650. The van der Waals surface area contributed by atoms with Gasteiger partial charge in [-0.15, -0.1) is 24.5 Å². The Kier molecular flexibility index (Phi) is 4.64. The molecule has 1 aromatic heterocycles. The normalized spacial score (nSPS) is 12.0. The Balaban J connectivity index is 2.36. The van der Waals surface area contributed by atoms with Gasteiger partial charge in [-0.2, -0.15) is 0 Å². The lowest BCUT2D eigenvalue weighted by atomic mass is 10.2. The van der Waals surface area contributed by atoms with Gasteiger partial charge in [0.25, 0.3) is 0 Å². The van der Waals surface area contributed by atoms with Crippen LogP contribution in [0, 0.1) is 0 Å². The largest absolute Gasteiger partial charge is 0.573 e. The maximum Gasteiger partial charge on any atom is 0.573 e. The molecule has 0 amide bonds. The van der Waals surface area contributed by atoms with Gasteiger partial charge < -0.3 is 9.84 Å². The minimum atomic E-state index is -4.73. The summed E-state index contributed by atoms with van der Waals surface area (Å²) in [7, 11) is 0. The molecule has 0 unspecified atom stereocenters. The zero-order valence-electron chi connectivity index (χ0n) is 11.0. The van der Waals surface area contributed by atoms with Crippen LogP contribution in [0.25, 0.3) is 16.6 Å². The molecule has 1 N–H and O–H groups in total. The fraction of sp³-hybridized carbons (Fsp3) is 0.214. The standard InChI is InChI=1S/C14H12F3NO2S/c1-2-4-12-11(8-19)18-13(21-12)9-5-3-6-10(7-9)20-14(15,16)17/h2-7,19H,8H2,1H3/b4-2+. The van der Waals surface area contributed by atoms with E-state index in [2.05, 4.69) is 9.72 Å². The average molecular weight is 315 g/mol. The minimum absolute atomic E-state index is 0.227. The Labute approximate surface area is 123 Å². The van der Waals surface area contributed by atoms with Gasteiger partial charge in [0, 0.05) is 5.56 Å². The van der Waals surface area contributed by atoms with E-state index >= 15 is 0 Å². The third kappa shape index (κ3) is 4.05. The highest BCUT2D eigenvalue weighted by molar-refractivity contribution is 7.16. The smallest absolute Gasteiger partial charge is 0.406 e. The van der Waals surface area contributed by atoms with Crippen molar-refractivity contribution in [3.05, 3.63) is 40.9 Å². The first-order valence-corrected chi connectivity index (χ1v) is 6.84. The second-order valence-electron chi connectivity index (χ2n) is 4.06. The molecule has 0 aliphatic carbocycles. The van der Waals surface area contributed by atoms with Crippen molar-refractivity contribution in [3.63, 3.8) is 0 Å². The summed E-state index contributed by atoms with van der Waals surface area (Å²) in [6.07, 6.45) is -1.13. The zero-order valence-corrected chi connectivity index (χ0v) is 11.8. The van der Waals surface area contributed by atoms with Crippen LogP contribution >= 0.6 is 11.3 Å². The molecule has 1 aromatic carbocycles. The van der Waals surface area contributed by atoms with Crippen LogP contribution < -0.4 is 4.74 Å². The molecule has 0 aliphatic rings. The lowest BCUT2D eigenvalue weighted by molar-refractivity contribution is -0.274. The summed E-state index contributed by atoms with van der Waals surface area (Å²) in [5.74, 6) is -0.298. The third-order valence-corrected chi connectivity index (χ3v) is 3.62. The second-order valence-corrected chi connectivity index (χ2v) is 5.09. The van der Waals surface area contributed by atoms with Crippen molar-refractivity contribution in [1.82, 2.24) is 4.98 Å². The SMILES string of the molecule is C/C=C/c1sc(-c2cccc(OC(F)(F)F)c2)nc1CO. The molecule has 0 atom stereocenters. The molecule has 7 heteroatoms. The Morgan fingerprint density at radius 2 is 2.14 bits per heavy atom. The van der Waals surface area contributed by atoms with Crippen LogP contribution in [0.1, 0.15) is 17.5 Å². The van der Waals surface area contributed by atoms with Gasteiger partial charge in [-0.3, -0.25) is 0 Å². The van der Waals surface area contributed by atoms with Crippen LogP contribution in [-0.4, -0.2) is 16.5 Å². The quantitative estimate of drug-likeness (QED) is 0.918. The lowest BCUT2D eigenvalue weighted by Gasteiger charge is -2.09. The number of hydrogen-bond donors (Lipinski definition) is 1. The van der Waals surface area contributed by atoms with Gasteiger partial charge in [0.15, 0.2) is 0 Å². The monoisotopic (exact) mass is 315 g/mol. The van der Waals surface area contributed by atoms with Gasteiger partial charge in [-0.25, -0.2) is 4.98 Å². The molecule has 0 spiro atoms. The number of thiazole rings is 1. The predicted molar refractivity (Wildman–Crippen MR) is 74.9 cm³/mol. The van der Waals surface area contributed by atoms with Crippen molar-refractivity contribution in [3.8, 4) is 16.3 Å². The molecule has 0 saturated carbocycles. The van der Waals surface area contributed by atoms with Gasteiger partial charge in [0.1, 0.15) is 10.8 Å². The van der Waals surface area contributed by atoms with E-state index in [0.717, 1.165) is 4.88 Å². The van der Waals surface area contributed by atoms with Crippen LogP contribution in [0.4, 0.5) is 13.2 Å². The number of alkyl halides is 3. The third-order valence-electron chi connectivity index (χ3n) is 2.51. The van der Waals surface area contributed by atoms with Gasteiger partial charge in [-0.05, 0) is 25.1 Å². The minimum Gasteiger partial charge on any atom is -0.406 e. The summed E-state index contributed by atoms with van der Waals surface area (Å²) in [5, 5.41) is 9.78. The first-order valence-electron chi connectivity index (χ1n) is 6.02. The van der Waals surface area contributed by atoms with Crippen molar-refractivity contribution in [2.24, 2.45) is 0 Å². The Morgan fingerprint density at radius 1 is 1.38 bits per heavy atom. The highest BCUT2D eigenvalue weighted by Crippen LogP contribution is 2.32. The molecule has 0 fully saturated rings. The number of benzene rings is 1. The molecular weight excluding hydrogens is 303 g/mol. The Morgan fingerprint density at radius 3 is 2.76 bits per heavy atom.